The Kier molecular flexibility index (Phi) is 6.74. The van der Waals surface area contributed by atoms with Gasteiger partial charge in [-0.1, -0.05) is 25.1 Å². The first kappa shape index (κ1) is 20.0. The first-order valence-corrected chi connectivity index (χ1v) is 10.1. The van der Waals surface area contributed by atoms with Crippen LogP contribution in [0.5, 0.6) is 0 Å². The van der Waals surface area contributed by atoms with E-state index in [2.05, 4.69) is 82.7 Å². The standard InChI is InChI=1S/C22H32N6/c1-5-23-22(26-13-16(2)15-28-18(4)12-17(3)27-28)24-11-10-19-14-25-21-9-7-6-8-20(19)21/h6-9,12,14,16,25H,5,10-11,13,15H2,1-4H3,(H2,23,24,26). The van der Waals surface area contributed by atoms with Gasteiger partial charge >= 0.3 is 0 Å². The third-order valence-electron chi connectivity index (χ3n) is 4.85. The molecule has 150 valence electrons. The predicted molar refractivity (Wildman–Crippen MR) is 117 cm³/mol. The average Bonchev–Trinajstić information content (AvgIpc) is 3.22. The first-order valence-electron chi connectivity index (χ1n) is 10.1. The van der Waals surface area contributed by atoms with Crippen molar-refractivity contribution >= 4 is 16.9 Å². The molecule has 3 aromatic rings. The second-order valence-corrected chi connectivity index (χ2v) is 7.47. The molecule has 6 nitrogen and oxygen atoms in total. The lowest BCUT2D eigenvalue weighted by atomic mass is 10.1. The molecule has 28 heavy (non-hydrogen) atoms. The van der Waals surface area contributed by atoms with Crippen LogP contribution in [0.15, 0.2) is 41.5 Å². The van der Waals surface area contributed by atoms with Crippen molar-refractivity contribution in [2.75, 3.05) is 19.6 Å². The molecular weight excluding hydrogens is 348 g/mol. The molecule has 6 heteroatoms. The maximum absolute atomic E-state index is 4.77. The van der Waals surface area contributed by atoms with E-state index in [0.29, 0.717) is 5.92 Å². The SMILES string of the molecule is CCNC(=NCC(C)Cn1nc(C)cc1C)NCCc1c[nH]c2ccccc12. The molecule has 0 amide bonds. The summed E-state index contributed by atoms with van der Waals surface area (Å²) in [5.41, 5.74) is 4.80. The van der Waals surface area contributed by atoms with E-state index in [9.17, 15) is 0 Å². The minimum absolute atomic E-state index is 0.419. The number of nitrogens with one attached hydrogen (secondary N) is 3. The van der Waals surface area contributed by atoms with Gasteiger partial charge in [0.2, 0.25) is 0 Å². The Labute approximate surface area is 167 Å². The van der Waals surface area contributed by atoms with E-state index in [4.69, 9.17) is 4.99 Å². The summed E-state index contributed by atoms with van der Waals surface area (Å²) in [6.45, 7) is 11.8. The molecule has 0 bridgehead atoms. The molecular formula is C22H32N6. The number of guanidine groups is 1. The third-order valence-corrected chi connectivity index (χ3v) is 4.85. The molecule has 0 radical (unpaired) electrons. The predicted octanol–water partition coefficient (Wildman–Crippen LogP) is 3.42. The summed E-state index contributed by atoms with van der Waals surface area (Å²) >= 11 is 0. The number of hydrogen-bond acceptors (Lipinski definition) is 2. The lowest BCUT2D eigenvalue weighted by Gasteiger charge is -2.14. The van der Waals surface area contributed by atoms with Crippen LogP contribution >= 0.6 is 0 Å². The van der Waals surface area contributed by atoms with E-state index in [1.165, 1.54) is 22.2 Å². The highest BCUT2D eigenvalue weighted by molar-refractivity contribution is 5.83. The molecule has 2 heterocycles. The molecule has 3 N–H and O–H groups in total. The normalized spacial score (nSPS) is 13.1. The van der Waals surface area contributed by atoms with Crippen LogP contribution in [0.1, 0.15) is 30.8 Å². The van der Waals surface area contributed by atoms with E-state index >= 15 is 0 Å². The summed E-state index contributed by atoms with van der Waals surface area (Å²) in [5.74, 6) is 1.30. The van der Waals surface area contributed by atoms with Crippen molar-refractivity contribution in [1.82, 2.24) is 25.4 Å². The van der Waals surface area contributed by atoms with Gasteiger partial charge in [0.05, 0.1) is 5.69 Å². The van der Waals surface area contributed by atoms with E-state index in [-0.39, 0.29) is 0 Å². The fourth-order valence-electron chi connectivity index (χ4n) is 3.46. The van der Waals surface area contributed by atoms with E-state index in [1.807, 2.05) is 6.92 Å². The smallest absolute Gasteiger partial charge is 0.191 e. The van der Waals surface area contributed by atoms with Gasteiger partial charge in [-0.3, -0.25) is 9.67 Å². The van der Waals surface area contributed by atoms with Gasteiger partial charge in [0.15, 0.2) is 5.96 Å². The number of para-hydroxylation sites is 1. The van der Waals surface area contributed by atoms with Crippen LogP contribution in [0.3, 0.4) is 0 Å². The summed E-state index contributed by atoms with van der Waals surface area (Å²) in [5, 5.41) is 12.7. The Balaban J connectivity index is 1.52. The number of aryl methyl sites for hydroxylation is 2. The second-order valence-electron chi connectivity index (χ2n) is 7.47. The summed E-state index contributed by atoms with van der Waals surface area (Å²) in [7, 11) is 0. The van der Waals surface area contributed by atoms with Crippen molar-refractivity contribution in [1.29, 1.82) is 0 Å². The molecule has 1 aromatic carbocycles. The Morgan fingerprint density at radius 2 is 2.07 bits per heavy atom. The number of aromatic nitrogens is 3. The minimum Gasteiger partial charge on any atom is -0.361 e. The minimum atomic E-state index is 0.419. The van der Waals surface area contributed by atoms with Crippen LogP contribution < -0.4 is 10.6 Å². The molecule has 0 saturated carbocycles. The Hall–Kier alpha value is -2.76. The molecule has 0 saturated heterocycles. The molecule has 0 spiro atoms. The number of aliphatic imine (C=N–C) groups is 1. The number of nitrogens with zero attached hydrogens (tertiary/aromatic N) is 3. The van der Waals surface area contributed by atoms with Crippen molar-refractivity contribution in [3.63, 3.8) is 0 Å². The third kappa shape index (κ3) is 5.15. The van der Waals surface area contributed by atoms with Crippen LogP contribution in [-0.4, -0.2) is 40.4 Å². The van der Waals surface area contributed by atoms with E-state index < -0.39 is 0 Å². The monoisotopic (exact) mass is 380 g/mol. The molecule has 3 rings (SSSR count). The molecule has 0 aliphatic rings. The lowest BCUT2D eigenvalue weighted by molar-refractivity contribution is 0.449. The Morgan fingerprint density at radius 1 is 1.25 bits per heavy atom. The number of hydrogen-bond donors (Lipinski definition) is 3. The van der Waals surface area contributed by atoms with Crippen LogP contribution in [-0.2, 0) is 13.0 Å². The molecule has 1 unspecified atom stereocenters. The summed E-state index contributed by atoms with van der Waals surface area (Å²) in [6.07, 6.45) is 3.06. The first-order chi connectivity index (χ1) is 13.6. The maximum Gasteiger partial charge on any atom is 0.191 e. The number of H-pyrrole nitrogens is 1. The highest BCUT2D eigenvalue weighted by Gasteiger charge is 2.08. The average molecular weight is 381 g/mol. The van der Waals surface area contributed by atoms with Crippen molar-refractivity contribution in [3.8, 4) is 0 Å². The fourth-order valence-corrected chi connectivity index (χ4v) is 3.46. The van der Waals surface area contributed by atoms with Crippen molar-refractivity contribution in [2.45, 2.75) is 40.7 Å². The molecule has 0 aliphatic heterocycles. The highest BCUT2D eigenvalue weighted by Crippen LogP contribution is 2.17. The van der Waals surface area contributed by atoms with Crippen molar-refractivity contribution in [3.05, 3.63) is 53.5 Å². The largest absolute Gasteiger partial charge is 0.361 e. The van der Waals surface area contributed by atoms with E-state index in [1.54, 1.807) is 0 Å². The summed E-state index contributed by atoms with van der Waals surface area (Å²) in [4.78, 5) is 8.11. The number of aromatic amines is 1. The van der Waals surface area contributed by atoms with Crippen molar-refractivity contribution < 1.29 is 0 Å². The quantitative estimate of drug-likeness (QED) is 0.414. The molecule has 1 atom stereocenters. The number of benzene rings is 1. The number of rotatable bonds is 8. The Morgan fingerprint density at radius 3 is 2.82 bits per heavy atom. The summed E-state index contributed by atoms with van der Waals surface area (Å²) < 4.78 is 2.08. The number of fused-ring (bicyclic) bond motifs is 1. The van der Waals surface area contributed by atoms with Crippen LogP contribution in [0.4, 0.5) is 0 Å². The zero-order valence-corrected chi connectivity index (χ0v) is 17.4. The summed E-state index contributed by atoms with van der Waals surface area (Å²) in [6, 6.07) is 10.5. The van der Waals surface area contributed by atoms with Crippen LogP contribution in [0.2, 0.25) is 0 Å². The van der Waals surface area contributed by atoms with Gasteiger partial charge in [0.1, 0.15) is 0 Å². The van der Waals surface area contributed by atoms with E-state index in [0.717, 1.165) is 44.3 Å². The fraction of sp³-hybridized carbons (Fsp3) is 0.455. The topological polar surface area (TPSA) is 70.0 Å². The molecule has 0 fully saturated rings. The zero-order valence-electron chi connectivity index (χ0n) is 17.4. The molecule has 0 aliphatic carbocycles. The van der Waals surface area contributed by atoms with Crippen molar-refractivity contribution in [2.24, 2.45) is 10.9 Å². The van der Waals surface area contributed by atoms with Gasteiger partial charge in [-0.05, 0) is 50.8 Å². The van der Waals surface area contributed by atoms with Crippen LogP contribution in [0.25, 0.3) is 10.9 Å². The zero-order chi connectivity index (χ0) is 19.9. The molecule has 2 aromatic heterocycles. The second kappa shape index (κ2) is 9.44. The van der Waals surface area contributed by atoms with Gasteiger partial charge in [-0.15, -0.1) is 0 Å². The van der Waals surface area contributed by atoms with Gasteiger partial charge in [-0.25, -0.2) is 0 Å². The van der Waals surface area contributed by atoms with Crippen LogP contribution in [0, 0.1) is 19.8 Å². The maximum atomic E-state index is 4.77. The van der Waals surface area contributed by atoms with Gasteiger partial charge in [-0.2, -0.15) is 5.10 Å². The van der Waals surface area contributed by atoms with Gasteiger partial charge in [0.25, 0.3) is 0 Å². The Bertz CT molecular complexity index is 920. The highest BCUT2D eigenvalue weighted by atomic mass is 15.3. The van der Waals surface area contributed by atoms with Gasteiger partial charge < -0.3 is 15.6 Å². The van der Waals surface area contributed by atoms with Gasteiger partial charge in [0, 0.05) is 49.0 Å². The lowest BCUT2D eigenvalue weighted by Crippen LogP contribution is -2.38.